The molecule has 1 amide bonds. The number of aliphatic hydroxyl groups is 1. The van der Waals surface area contributed by atoms with Crippen molar-refractivity contribution in [1.82, 2.24) is 0 Å². The summed E-state index contributed by atoms with van der Waals surface area (Å²) in [5.74, 6) is 5.15. The van der Waals surface area contributed by atoms with Crippen molar-refractivity contribution in [1.29, 1.82) is 0 Å². The summed E-state index contributed by atoms with van der Waals surface area (Å²) in [5, 5.41) is 10.2. The minimum absolute atomic E-state index is 0.0174. The quantitative estimate of drug-likeness (QED) is 0.816. The van der Waals surface area contributed by atoms with Gasteiger partial charge in [-0.2, -0.15) is 0 Å². The van der Waals surface area contributed by atoms with Crippen LogP contribution in [0.1, 0.15) is 24.5 Å². The van der Waals surface area contributed by atoms with Crippen LogP contribution in [-0.2, 0) is 14.6 Å². The van der Waals surface area contributed by atoms with Gasteiger partial charge in [0.1, 0.15) is 5.25 Å². The van der Waals surface area contributed by atoms with Crippen LogP contribution in [0.15, 0.2) is 18.2 Å². The van der Waals surface area contributed by atoms with E-state index in [1.807, 2.05) is 0 Å². The van der Waals surface area contributed by atoms with Crippen LogP contribution in [0.2, 0.25) is 0 Å². The fraction of sp³-hybridized carbons (Fsp3) is 0.400. The van der Waals surface area contributed by atoms with E-state index in [1.54, 1.807) is 25.1 Å². The maximum absolute atomic E-state index is 11.9. The minimum atomic E-state index is -3.42. The zero-order valence-corrected chi connectivity index (χ0v) is 13.1. The highest BCUT2D eigenvalue weighted by molar-refractivity contribution is 7.92. The minimum Gasteiger partial charge on any atom is -0.395 e. The van der Waals surface area contributed by atoms with Crippen LogP contribution in [0.5, 0.6) is 0 Å². The number of anilines is 1. The number of rotatable bonds is 4. The smallest absolute Gasteiger partial charge is 0.242 e. The summed E-state index contributed by atoms with van der Waals surface area (Å²) in [6.45, 7) is 3.18. The van der Waals surface area contributed by atoms with Gasteiger partial charge in [-0.25, -0.2) is 8.42 Å². The molecule has 6 heteroatoms. The number of benzene rings is 1. The number of carbonyl (C=O) groups is 1. The molecule has 0 aromatic heterocycles. The molecular formula is C15H19NO4S. The Bertz CT molecular complexity index is 683. The van der Waals surface area contributed by atoms with Gasteiger partial charge in [0.15, 0.2) is 9.84 Å². The van der Waals surface area contributed by atoms with Crippen LogP contribution in [0, 0.1) is 18.8 Å². The van der Waals surface area contributed by atoms with Gasteiger partial charge in [-0.15, -0.1) is 0 Å². The van der Waals surface area contributed by atoms with Crippen LogP contribution in [0.3, 0.4) is 0 Å². The Morgan fingerprint density at radius 2 is 2.10 bits per heavy atom. The first kappa shape index (κ1) is 17.2. The third-order valence-electron chi connectivity index (χ3n) is 2.97. The number of hydrogen-bond donors (Lipinski definition) is 2. The summed E-state index contributed by atoms with van der Waals surface area (Å²) < 4.78 is 22.7. The number of aliphatic hydroxyl groups excluding tert-OH is 1. The Kier molecular flexibility index (Phi) is 5.94. The molecule has 0 saturated carbocycles. The lowest BCUT2D eigenvalue weighted by Crippen LogP contribution is -2.32. The molecule has 0 aliphatic heterocycles. The molecule has 2 N–H and O–H groups in total. The van der Waals surface area contributed by atoms with Gasteiger partial charge in [0.05, 0.1) is 6.61 Å². The average molecular weight is 309 g/mol. The normalized spacial score (nSPS) is 12.2. The van der Waals surface area contributed by atoms with E-state index in [0.29, 0.717) is 12.1 Å². The van der Waals surface area contributed by atoms with Crippen LogP contribution < -0.4 is 5.32 Å². The highest BCUT2D eigenvalue weighted by Gasteiger charge is 2.23. The van der Waals surface area contributed by atoms with Crippen molar-refractivity contribution in [2.75, 3.05) is 18.2 Å². The van der Waals surface area contributed by atoms with Crippen molar-refractivity contribution in [2.45, 2.75) is 25.5 Å². The van der Waals surface area contributed by atoms with Crippen molar-refractivity contribution in [3.63, 3.8) is 0 Å². The highest BCUT2D eigenvalue weighted by atomic mass is 32.2. The molecule has 0 radical (unpaired) electrons. The summed E-state index contributed by atoms with van der Waals surface area (Å²) >= 11 is 0. The largest absolute Gasteiger partial charge is 0.395 e. The fourth-order valence-electron chi connectivity index (χ4n) is 1.53. The number of amides is 1. The lowest BCUT2D eigenvalue weighted by atomic mass is 10.1. The molecular weight excluding hydrogens is 290 g/mol. The second-order valence-corrected chi connectivity index (χ2v) is 7.13. The predicted molar refractivity (Wildman–Crippen MR) is 82.7 cm³/mol. The Balaban J connectivity index is 2.87. The summed E-state index contributed by atoms with van der Waals surface area (Å²) in [6.07, 6.45) is 1.44. The standard InChI is InChI=1S/C15H19NO4S/c1-11-10-13(6-4-5-9-17)7-8-14(11)16-15(18)12(2)21(3,19)20/h7-8,10,12,17H,5,9H2,1-3H3,(H,16,18). The molecule has 1 unspecified atom stereocenters. The fourth-order valence-corrected chi connectivity index (χ4v) is 1.98. The lowest BCUT2D eigenvalue weighted by Gasteiger charge is -2.12. The van der Waals surface area contributed by atoms with Gasteiger partial charge in [-0.05, 0) is 37.6 Å². The molecule has 1 aromatic rings. The van der Waals surface area contributed by atoms with E-state index in [-0.39, 0.29) is 6.61 Å². The molecule has 1 aromatic carbocycles. The molecule has 5 nitrogen and oxygen atoms in total. The van der Waals surface area contributed by atoms with Gasteiger partial charge in [0, 0.05) is 23.9 Å². The van der Waals surface area contributed by atoms with Crippen LogP contribution >= 0.6 is 0 Å². The SMILES string of the molecule is Cc1cc(C#CCCO)ccc1NC(=O)C(C)S(C)(=O)=O. The van der Waals surface area contributed by atoms with Crippen molar-refractivity contribution < 1.29 is 18.3 Å². The number of carbonyl (C=O) groups excluding carboxylic acids is 1. The first-order chi connectivity index (χ1) is 9.75. The van der Waals surface area contributed by atoms with Crippen molar-refractivity contribution in [3.8, 4) is 11.8 Å². The van der Waals surface area contributed by atoms with Crippen LogP contribution in [-0.4, -0.2) is 37.5 Å². The summed E-state index contributed by atoms with van der Waals surface area (Å²) in [4.78, 5) is 11.9. The van der Waals surface area contributed by atoms with Crippen molar-refractivity contribution in [3.05, 3.63) is 29.3 Å². The Morgan fingerprint density at radius 3 is 2.62 bits per heavy atom. The molecule has 0 heterocycles. The van der Waals surface area contributed by atoms with Crippen molar-refractivity contribution >= 4 is 21.4 Å². The average Bonchev–Trinajstić information content (AvgIpc) is 2.40. The molecule has 114 valence electrons. The van der Waals surface area contributed by atoms with E-state index in [1.165, 1.54) is 6.92 Å². The second-order valence-electron chi connectivity index (χ2n) is 4.77. The third kappa shape index (κ3) is 5.21. The van der Waals surface area contributed by atoms with Gasteiger partial charge in [0.25, 0.3) is 0 Å². The molecule has 0 aliphatic rings. The second kappa shape index (κ2) is 7.25. The number of hydrogen-bond acceptors (Lipinski definition) is 4. The highest BCUT2D eigenvalue weighted by Crippen LogP contribution is 2.17. The van der Waals surface area contributed by atoms with E-state index in [4.69, 9.17) is 5.11 Å². The van der Waals surface area contributed by atoms with Gasteiger partial charge in [0.2, 0.25) is 5.91 Å². The zero-order valence-electron chi connectivity index (χ0n) is 12.3. The van der Waals surface area contributed by atoms with Crippen LogP contribution in [0.25, 0.3) is 0 Å². The summed E-state index contributed by atoms with van der Waals surface area (Å²) in [6, 6.07) is 5.22. The molecule has 0 bridgehead atoms. The molecule has 0 saturated heterocycles. The van der Waals surface area contributed by atoms with Gasteiger partial charge in [-0.1, -0.05) is 11.8 Å². The van der Waals surface area contributed by atoms with Crippen LogP contribution in [0.4, 0.5) is 5.69 Å². The maximum Gasteiger partial charge on any atom is 0.242 e. The summed E-state index contributed by atoms with van der Waals surface area (Å²) in [5.41, 5.74) is 2.12. The predicted octanol–water partition coefficient (Wildman–Crippen LogP) is 1.10. The van der Waals surface area contributed by atoms with E-state index < -0.39 is 21.0 Å². The van der Waals surface area contributed by atoms with E-state index in [0.717, 1.165) is 17.4 Å². The molecule has 1 rings (SSSR count). The third-order valence-corrected chi connectivity index (χ3v) is 4.46. The first-order valence-electron chi connectivity index (χ1n) is 6.46. The maximum atomic E-state index is 11.9. The molecule has 1 atom stereocenters. The molecule has 21 heavy (non-hydrogen) atoms. The van der Waals surface area contributed by atoms with E-state index in [2.05, 4.69) is 17.2 Å². The molecule has 0 aliphatic carbocycles. The van der Waals surface area contributed by atoms with E-state index in [9.17, 15) is 13.2 Å². The zero-order chi connectivity index (χ0) is 16.0. The van der Waals surface area contributed by atoms with Crippen molar-refractivity contribution in [2.24, 2.45) is 0 Å². The Hall–Kier alpha value is -1.84. The lowest BCUT2D eigenvalue weighted by molar-refractivity contribution is -0.115. The Labute approximate surface area is 125 Å². The first-order valence-corrected chi connectivity index (χ1v) is 8.41. The molecule has 0 spiro atoms. The topological polar surface area (TPSA) is 83.5 Å². The summed E-state index contributed by atoms with van der Waals surface area (Å²) in [7, 11) is -3.42. The number of sulfone groups is 1. The van der Waals surface area contributed by atoms with Gasteiger partial charge >= 0.3 is 0 Å². The molecule has 0 fully saturated rings. The van der Waals surface area contributed by atoms with Gasteiger partial charge in [-0.3, -0.25) is 4.79 Å². The number of nitrogens with one attached hydrogen (secondary N) is 1. The monoisotopic (exact) mass is 309 g/mol. The Morgan fingerprint density at radius 1 is 1.43 bits per heavy atom. The number of aryl methyl sites for hydroxylation is 1. The van der Waals surface area contributed by atoms with Gasteiger partial charge < -0.3 is 10.4 Å². The van der Waals surface area contributed by atoms with E-state index >= 15 is 0 Å².